The lowest BCUT2D eigenvalue weighted by Crippen LogP contribution is -2.52. The van der Waals surface area contributed by atoms with Gasteiger partial charge in [0.25, 0.3) is 0 Å². The Balaban J connectivity index is 0.000000253. The molecule has 0 spiro atoms. The number of nitrogens with two attached hydrogens (primary N) is 1. The maximum Gasteiger partial charge on any atom is 0.204 e. The maximum atomic E-state index is 10.1. The molecule has 3 aliphatic rings. The number of phenolic OH excluding ortho intramolecular Hbond substituents is 1. The number of para-hydroxylation sites is 1. The van der Waals surface area contributed by atoms with Gasteiger partial charge in [-0.2, -0.15) is 0 Å². The zero-order valence-electron chi connectivity index (χ0n) is 19.6. The summed E-state index contributed by atoms with van der Waals surface area (Å²) in [4.78, 5) is 10.9. The maximum absolute atomic E-state index is 10.1. The number of likely N-dealkylation sites (N-methyl/N-ethyl adjacent to an activating group) is 1. The van der Waals surface area contributed by atoms with E-state index in [9.17, 15) is 5.11 Å². The summed E-state index contributed by atoms with van der Waals surface area (Å²) in [6.07, 6.45) is 0.359. The van der Waals surface area contributed by atoms with Gasteiger partial charge in [-0.15, -0.1) is 0 Å². The van der Waals surface area contributed by atoms with E-state index >= 15 is 0 Å². The highest BCUT2D eigenvalue weighted by molar-refractivity contribution is 5.97. The molecule has 1 atom stereocenters. The number of amides is 1. The predicted octanol–water partition coefficient (Wildman–Crippen LogP) is 4.98. The first-order valence-corrected chi connectivity index (χ1v) is 11.2. The number of nitrogens with zero attached hydrogens (tertiary/aromatic N) is 1. The van der Waals surface area contributed by atoms with Crippen molar-refractivity contribution >= 4 is 28.6 Å². The second-order valence-electron chi connectivity index (χ2n) is 8.92. The largest absolute Gasteiger partial charge is 0.507 e. The third-order valence-electron chi connectivity index (χ3n) is 6.41. The minimum absolute atomic E-state index is 0.0366. The molecule has 174 valence electrons. The summed E-state index contributed by atoms with van der Waals surface area (Å²) >= 11 is 0. The summed E-state index contributed by atoms with van der Waals surface area (Å²) in [6, 6.07) is 28.5. The third kappa shape index (κ3) is 4.40. The number of rotatable bonds is 3. The molecule has 6 heteroatoms. The number of nitrogens with one attached hydrogen (secondary N) is 2. The summed E-state index contributed by atoms with van der Waals surface area (Å²) in [6.45, 7) is 4.51. The first-order valence-electron chi connectivity index (χ1n) is 11.2. The molecular formula is C28H30N4O2. The lowest BCUT2D eigenvalue weighted by Gasteiger charge is -2.33. The number of carbonyl (C=O) groups is 1. The van der Waals surface area contributed by atoms with Crippen molar-refractivity contribution in [2.45, 2.75) is 25.4 Å². The molecule has 6 nitrogen and oxygen atoms in total. The number of hydrogen-bond donors (Lipinski definition) is 4. The molecule has 1 aliphatic heterocycles. The van der Waals surface area contributed by atoms with Crippen LogP contribution in [0, 0.1) is 0 Å². The van der Waals surface area contributed by atoms with E-state index in [4.69, 9.17) is 4.79 Å². The fourth-order valence-corrected chi connectivity index (χ4v) is 4.59. The molecule has 3 aromatic rings. The molecule has 0 saturated heterocycles. The van der Waals surface area contributed by atoms with Crippen LogP contribution in [0.4, 0.5) is 11.4 Å². The highest BCUT2D eigenvalue weighted by Crippen LogP contribution is 2.43. The fourth-order valence-electron chi connectivity index (χ4n) is 4.59. The standard InChI is InChI=1S/C21H23N3O.C6H4.CH3NO/c1-21(2)16-10-6-7-11-18(16)24(3)20(21)23-22-17-12-13-19(25)15-9-5-4-8-14(15)17;1-2-5-4-6(5)3-1;2-1-3/h4-13,20,22-23,25H,1-3H3;1-4H;1H,(H2,2,3). The van der Waals surface area contributed by atoms with Gasteiger partial charge in [0.05, 0.1) is 5.69 Å². The number of aromatic hydroxyl groups is 1. The Morgan fingerprint density at radius 3 is 2.12 bits per heavy atom. The summed E-state index contributed by atoms with van der Waals surface area (Å²) in [7, 11) is 2.11. The number of hydrogen-bond acceptors (Lipinski definition) is 5. The zero-order chi connectivity index (χ0) is 24.3. The number of benzene rings is 4. The van der Waals surface area contributed by atoms with Crippen molar-refractivity contribution in [1.82, 2.24) is 5.43 Å². The Hall–Kier alpha value is -4.03. The van der Waals surface area contributed by atoms with E-state index in [2.05, 4.69) is 90.9 Å². The average molecular weight is 455 g/mol. The van der Waals surface area contributed by atoms with E-state index in [0.29, 0.717) is 5.75 Å². The zero-order valence-corrected chi connectivity index (χ0v) is 19.6. The molecule has 1 amide bonds. The molecule has 34 heavy (non-hydrogen) atoms. The Labute approximate surface area is 200 Å². The van der Waals surface area contributed by atoms with Gasteiger partial charge < -0.3 is 21.2 Å². The van der Waals surface area contributed by atoms with Crippen molar-refractivity contribution in [1.29, 1.82) is 0 Å². The fraction of sp³-hybridized carbons (Fsp3) is 0.179. The summed E-state index contributed by atoms with van der Waals surface area (Å²) in [5.74, 6) is 0.298. The van der Waals surface area contributed by atoms with Gasteiger partial charge in [-0.05, 0) is 41.0 Å². The van der Waals surface area contributed by atoms with Crippen molar-refractivity contribution in [3.05, 3.63) is 90.5 Å². The summed E-state index contributed by atoms with van der Waals surface area (Å²) < 4.78 is 0. The van der Waals surface area contributed by atoms with E-state index in [-0.39, 0.29) is 18.0 Å². The number of fused-ring (bicyclic) bond motifs is 3. The Morgan fingerprint density at radius 1 is 0.912 bits per heavy atom. The van der Waals surface area contributed by atoms with Crippen molar-refractivity contribution in [3.8, 4) is 16.9 Å². The van der Waals surface area contributed by atoms with Crippen LogP contribution < -0.4 is 21.5 Å². The van der Waals surface area contributed by atoms with E-state index in [1.807, 2.05) is 30.3 Å². The minimum Gasteiger partial charge on any atom is -0.507 e. The number of hydrazine groups is 1. The molecule has 0 aromatic heterocycles. The average Bonchev–Trinajstić information content (AvgIpc) is 3.38. The van der Waals surface area contributed by atoms with Crippen molar-refractivity contribution in [2.75, 3.05) is 17.4 Å². The quantitative estimate of drug-likeness (QED) is 0.175. The second-order valence-corrected chi connectivity index (χ2v) is 8.92. The van der Waals surface area contributed by atoms with E-state index < -0.39 is 0 Å². The molecule has 0 fully saturated rings. The number of anilines is 2. The van der Waals surface area contributed by atoms with Crippen molar-refractivity contribution in [2.24, 2.45) is 5.73 Å². The van der Waals surface area contributed by atoms with Gasteiger partial charge in [0, 0.05) is 28.9 Å². The summed E-state index contributed by atoms with van der Waals surface area (Å²) in [5.41, 5.74) is 17.4. The van der Waals surface area contributed by atoms with Gasteiger partial charge in [-0.25, -0.2) is 5.43 Å². The molecular weight excluding hydrogens is 424 g/mol. The van der Waals surface area contributed by atoms with E-state index in [1.165, 1.54) is 22.4 Å². The van der Waals surface area contributed by atoms with E-state index in [1.54, 1.807) is 6.07 Å². The van der Waals surface area contributed by atoms with Gasteiger partial charge in [0.15, 0.2) is 0 Å². The van der Waals surface area contributed by atoms with Crippen LogP contribution in [0.15, 0.2) is 84.9 Å². The molecule has 1 unspecified atom stereocenters. The number of primary amides is 1. The topological polar surface area (TPSA) is 90.6 Å². The van der Waals surface area contributed by atoms with Crippen LogP contribution in [-0.4, -0.2) is 24.7 Å². The van der Waals surface area contributed by atoms with Crippen LogP contribution in [0.25, 0.3) is 21.9 Å². The monoisotopic (exact) mass is 454 g/mol. The van der Waals surface area contributed by atoms with Gasteiger partial charge in [-0.3, -0.25) is 4.79 Å². The molecule has 6 rings (SSSR count). The van der Waals surface area contributed by atoms with Crippen molar-refractivity contribution < 1.29 is 9.90 Å². The molecule has 0 saturated carbocycles. The van der Waals surface area contributed by atoms with Gasteiger partial charge in [0.2, 0.25) is 6.41 Å². The first-order chi connectivity index (χ1) is 16.4. The molecule has 5 N–H and O–H groups in total. The minimum atomic E-state index is -0.0366. The smallest absolute Gasteiger partial charge is 0.204 e. The lowest BCUT2D eigenvalue weighted by atomic mass is 9.84. The molecule has 0 bridgehead atoms. The Morgan fingerprint density at radius 2 is 1.53 bits per heavy atom. The van der Waals surface area contributed by atoms with Crippen molar-refractivity contribution in [3.63, 3.8) is 0 Å². The highest BCUT2D eigenvalue weighted by Gasteiger charge is 2.42. The normalized spacial score (nSPS) is 15.9. The van der Waals surface area contributed by atoms with Crippen LogP contribution in [-0.2, 0) is 10.2 Å². The number of phenols is 1. The van der Waals surface area contributed by atoms with Crippen LogP contribution >= 0.6 is 0 Å². The molecule has 0 radical (unpaired) electrons. The predicted molar refractivity (Wildman–Crippen MR) is 140 cm³/mol. The lowest BCUT2D eigenvalue weighted by molar-refractivity contribution is -0.106. The SMILES string of the molecule is CN1c2ccccc2C(C)(C)C1NNc1ccc(O)c2ccccc12.NC=O.c1cc2cc-2c1. The number of carbonyl (C=O) groups excluding carboxylic acids is 1. The highest BCUT2D eigenvalue weighted by atomic mass is 16.3. The summed E-state index contributed by atoms with van der Waals surface area (Å²) in [5, 5.41) is 11.9. The van der Waals surface area contributed by atoms with Crippen LogP contribution in [0.2, 0.25) is 0 Å². The second kappa shape index (κ2) is 9.45. The molecule has 1 heterocycles. The van der Waals surface area contributed by atoms with Crippen LogP contribution in [0.3, 0.4) is 0 Å². The van der Waals surface area contributed by atoms with E-state index in [0.717, 1.165) is 16.5 Å². The molecule has 3 aromatic carbocycles. The van der Waals surface area contributed by atoms with Crippen LogP contribution in [0.5, 0.6) is 5.75 Å². The third-order valence-corrected chi connectivity index (χ3v) is 6.41. The first kappa shape index (κ1) is 23.1. The molecule has 2 aliphatic carbocycles. The van der Waals surface area contributed by atoms with Gasteiger partial charge in [-0.1, -0.05) is 74.5 Å². The Kier molecular flexibility index (Phi) is 6.43. The Bertz CT molecular complexity index is 1300. The van der Waals surface area contributed by atoms with Gasteiger partial charge in [0.1, 0.15) is 11.9 Å². The van der Waals surface area contributed by atoms with Gasteiger partial charge >= 0.3 is 0 Å². The van der Waals surface area contributed by atoms with Crippen LogP contribution in [0.1, 0.15) is 19.4 Å².